The summed E-state index contributed by atoms with van der Waals surface area (Å²) in [6.45, 7) is 8.70. The molecule has 1 amide bonds. The lowest BCUT2D eigenvalue weighted by molar-refractivity contribution is -0.114. The molecule has 0 radical (unpaired) electrons. The van der Waals surface area contributed by atoms with E-state index in [9.17, 15) is 4.79 Å². The highest BCUT2D eigenvalue weighted by Crippen LogP contribution is 2.17. The molecule has 2 rings (SSSR count). The van der Waals surface area contributed by atoms with Crippen molar-refractivity contribution in [2.45, 2.75) is 33.6 Å². The summed E-state index contributed by atoms with van der Waals surface area (Å²) in [4.78, 5) is 20.0. The number of nitrogens with zero attached hydrogens (tertiary/aromatic N) is 2. The number of anilines is 2. The molecule has 0 aliphatic heterocycles. The van der Waals surface area contributed by atoms with Gasteiger partial charge in [-0.25, -0.2) is 9.97 Å². The molecule has 1 aromatic heterocycles. The first kappa shape index (κ1) is 17.7. The molecule has 128 valence electrons. The number of carbonyl (C=O) groups excluding carboxylic acids is 1. The first-order valence-electron chi connectivity index (χ1n) is 8.04. The van der Waals surface area contributed by atoms with E-state index < -0.39 is 0 Å². The zero-order chi connectivity index (χ0) is 17.5. The summed E-state index contributed by atoms with van der Waals surface area (Å²) in [5.41, 5.74) is 1.67. The van der Waals surface area contributed by atoms with Crippen molar-refractivity contribution in [3.63, 3.8) is 0 Å². The summed E-state index contributed by atoms with van der Waals surface area (Å²) >= 11 is 0. The van der Waals surface area contributed by atoms with Crippen molar-refractivity contribution in [3.05, 3.63) is 41.9 Å². The average molecular weight is 328 g/mol. The van der Waals surface area contributed by atoms with Crippen LogP contribution in [0.25, 0.3) is 0 Å². The van der Waals surface area contributed by atoms with Gasteiger partial charge in [-0.2, -0.15) is 0 Å². The standard InChI is InChI=1S/C18H24N4O2/c1-12(2)18-20-13(3)10-17(22-18)19-8-9-24-16-7-5-6-15(11-16)21-14(4)23/h5-7,10-12H,8-9H2,1-4H3,(H,21,23)(H,19,20,22). The van der Waals surface area contributed by atoms with Gasteiger partial charge in [0.15, 0.2) is 0 Å². The number of hydrogen-bond donors (Lipinski definition) is 2. The number of benzene rings is 1. The second kappa shape index (κ2) is 8.29. The molecule has 0 saturated heterocycles. The third kappa shape index (κ3) is 5.53. The van der Waals surface area contributed by atoms with E-state index in [4.69, 9.17) is 4.74 Å². The third-order valence-electron chi connectivity index (χ3n) is 3.22. The van der Waals surface area contributed by atoms with Crippen LogP contribution in [0.4, 0.5) is 11.5 Å². The second-order valence-corrected chi connectivity index (χ2v) is 5.89. The van der Waals surface area contributed by atoms with Gasteiger partial charge in [-0.1, -0.05) is 19.9 Å². The van der Waals surface area contributed by atoms with Crippen molar-refractivity contribution in [3.8, 4) is 5.75 Å². The molecule has 0 unspecified atom stereocenters. The van der Waals surface area contributed by atoms with E-state index in [1.807, 2.05) is 31.2 Å². The molecule has 24 heavy (non-hydrogen) atoms. The van der Waals surface area contributed by atoms with Gasteiger partial charge < -0.3 is 15.4 Å². The number of amides is 1. The zero-order valence-corrected chi connectivity index (χ0v) is 14.6. The number of ether oxygens (including phenoxy) is 1. The highest BCUT2D eigenvalue weighted by Gasteiger charge is 2.06. The van der Waals surface area contributed by atoms with Gasteiger partial charge in [0.1, 0.15) is 24.0 Å². The van der Waals surface area contributed by atoms with E-state index in [2.05, 4.69) is 34.4 Å². The Morgan fingerprint density at radius 1 is 1.25 bits per heavy atom. The maximum Gasteiger partial charge on any atom is 0.221 e. The molecule has 2 aromatic rings. The van der Waals surface area contributed by atoms with E-state index in [0.717, 1.165) is 23.0 Å². The van der Waals surface area contributed by atoms with Crippen LogP contribution in [0.5, 0.6) is 5.75 Å². The van der Waals surface area contributed by atoms with Gasteiger partial charge in [-0.15, -0.1) is 0 Å². The molecule has 0 saturated carbocycles. The minimum Gasteiger partial charge on any atom is -0.492 e. The Kier molecular flexibility index (Phi) is 6.12. The summed E-state index contributed by atoms with van der Waals surface area (Å²) in [5, 5.41) is 5.98. The van der Waals surface area contributed by atoms with E-state index in [1.54, 1.807) is 6.07 Å². The van der Waals surface area contributed by atoms with E-state index in [1.165, 1.54) is 6.92 Å². The van der Waals surface area contributed by atoms with Crippen LogP contribution in [0.15, 0.2) is 30.3 Å². The molecule has 6 heteroatoms. The molecule has 0 aliphatic carbocycles. The zero-order valence-electron chi connectivity index (χ0n) is 14.6. The molecule has 1 aromatic carbocycles. The summed E-state index contributed by atoms with van der Waals surface area (Å²) < 4.78 is 5.70. The molecule has 2 N–H and O–H groups in total. The first-order chi connectivity index (χ1) is 11.4. The van der Waals surface area contributed by atoms with Gasteiger partial charge in [0.2, 0.25) is 5.91 Å². The second-order valence-electron chi connectivity index (χ2n) is 5.89. The monoisotopic (exact) mass is 328 g/mol. The van der Waals surface area contributed by atoms with Gasteiger partial charge in [0.05, 0.1) is 6.54 Å². The van der Waals surface area contributed by atoms with Gasteiger partial charge in [0.25, 0.3) is 0 Å². The van der Waals surface area contributed by atoms with Crippen molar-refractivity contribution < 1.29 is 9.53 Å². The lowest BCUT2D eigenvalue weighted by atomic mass is 10.2. The lowest BCUT2D eigenvalue weighted by Gasteiger charge is -2.11. The summed E-state index contributed by atoms with van der Waals surface area (Å²) in [5.74, 6) is 2.54. The Balaban J connectivity index is 1.86. The molecule has 0 atom stereocenters. The first-order valence-corrected chi connectivity index (χ1v) is 8.04. The van der Waals surface area contributed by atoms with Crippen molar-refractivity contribution in [2.24, 2.45) is 0 Å². The van der Waals surface area contributed by atoms with Gasteiger partial charge in [-0.3, -0.25) is 4.79 Å². The van der Waals surface area contributed by atoms with Gasteiger partial charge in [-0.05, 0) is 19.1 Å². The number of aryl methyl sites for hydroxylation is 1. The quantitative estimate of drug-likeness (QED) is 0.762. The molecular formula is C18H24N4O2. The largest absolute Gasteiger partial charge is 0.492 e. The number of hydrogen-bond acceptors (Lipinski definition) is 5. The smallest absolute Gasteiger partial charge is 0.221 e. The molecular weight excluding hydrogens is 304 g/mol. The van der Waals surface area contributed by atoms with Gasteiger partial charge in [0, 0.05) is 36.4 Å². The van der Waals surface area contributed by atoms with Crippen LogP contribution in [-0.2, 0) is 4.79 Å². The van der Waals surface area contributed by atoms with Crippen LogP contribution >= 0.6 is 0 Å². The molecule has 0 fully saturated rings. The number of carbonyl (C=O) groups is 1. The van der Waals surface area contributed by atoms with Crippen LogP contribution in [-0.4, -0.2) is 29.0 Å². The van der Waals surface area contributed by atoms with E-state index in [-0.39, 0.29) is 5.91 Å². The fourth-order valence-electron chi connectivity index (χ4n) is 2.16. The predicted molar refractivity (Wildman–Crippen MR) is 95.6 cm³/mol. The predicted octanol–water partition coefficient (Wildman–Crippen LogP) is 3.36. The Morgan fingerprint density at radius 3 is 2.75 bits per heavy atom. The van der Waals surface area contributed by atoms with Crippen molar-refractivity contribution in [2.75, 3.05) is 23.8 Å². The Morgan fingerprint density at radius 2 is 2.04 bits per heavy atom. The van der Waals surface area contributed by atoms with Crippen molar-refractivity contribution in [1.82, 2.24) is 9.97 Å². The number of aromatic nitrogens is 2. The molecule has 0 bridgehead atoms. The summed E-state index contributed by atoms with van der Waals surface area (Å²) in [7, 11) is 0. The number of rotatable bonds is 7. The Labute approximate surface area is 142 Å². The maximum absolute atomic E-state index is 11.1. The van der Waals surface area contributed by atoms with E-state index >= 15 is 0 Å². The van der Waals surface area contributed by atoms with Gasteiger partial charge >= 0.3 is 0 Å². The lowest BCUT2D eigenvalue weighted by Crippen LogP contribution is -2.14. The van der Waals surface area contributed by atoms with Crippen molar-refractivity contribution >= 4 is 17.4 Å². The summed E-state index contributed by atoms with van der Waals surface area (Å²) in [6.07, 6.45) is 0. The molecule has 1 heterocycles. The van der Waals surface area contributed by atoms with Crippen molar-refractivity contribution in [1.29, 1.82) is 0 Å². The fourth-order valence-corrected chi connectivity index (χ4v) is 2.16. The average Bonchev–Trinajstić information content (AvgIpc) is 2.51. The third-order valence-corrected chi connectivity index (χ3v) is 3.22. The molecule has 0 spiro atoms. The topological polar surface area (TPSA) is 76.1 Å². The Bertz CT molecular complexity index is 701. The SMILES string of the molecule is CC(=O)Nc1cccc(OCCNc2cc(C)nc(C(C)C)n2)c1. The highest BCUT2D eigenvalue weighted by atomic mass is 16.5. The minimum atomic E-state index is -0.103. The molecule has 0 aliphatic rings. The minimum absolute atomic E-state index is 0.103. The normalized spacial score (nSPS) is 10.5. The highest BCUT2D eigenvalue weighted by molar-refractivity contribution is 5.88. The maximum atomic E-state index is 11.1. The Hall–Kier alpha value is -2.63. The fraction of sp³-hybridized carbons (Fsp3) is 0.389. The van der Waals surface area contributed by atoms with E-state index in [0.29, 0.717) is 24.8 Å². The van der Waals surface area contributed by atoms with Crippen LogP contribution < -0.4 is 15.4 Å². The van der Waals surface area contributed by atoms with Crippen LogP contribution in [0.1, 0.15) is 38.2 Å². The van der Waals surface area contributed by atoms with Crippen LogP contribution in [0.3, 0.4) is 0 Å². The van der Waals surface area contributed by atoms with Crippen LogP contribution in [0, 0.1) is 6.92 Å². The van der Waals surface area contributed by atoms with Crippen LogP contribution in [0.2, 0.25) is 0 Å². The summed E-state index contributed by atoms with van der Waals surface area (Å²) in [6, 6.07) is 9.24. The number of nitrogens with one attached hydrogen (secondary N) is 2. The molecule has 6 nitrogen and oxygen atoms in total.